The van der Waals surface area contributed by atoms with E-state index in [1.165, 1.54) is 11.4 Å². The molecule has 0 aliphatic carbocycles. The van der Waals surface area contributed by atoms with Crippen molar-refractivity contribution in [3.05, 3.63) is 30.0 Å². The van der Waals surface area contributed by atoms with E-state index < -0.39 is 0 Å². The van der Waals surface area contributed by atoms with Crippen molar-refractivity contribution >= 4 is 11.8 Å². The standard InChI is InChI=1S/C20H31N7/c1-15(2)13-27-10-6-16-18(23-14-22-16)20(27)7-11-26(12-8-20)19-21-9-5-17(24-19)25(3)4/h5,9,14-15H,6-8,10-13H2,1-4H3,(H,22,23). The number of aromatic nitrogens is 4. The lowest BCUT2D eigenvalue weighted by molar-refractivity contribution is 0.0340. The molecule has 2 aliphatic heterocycles. The predicted molar refractivity (Wildman–Crippen MR) is 108 cm³/mol. The van der Waals surface area contributed by atoms with Gasteiger partial charge in [0.15, 0.2) is 0 Å². The van der Waals surface area contributed by atoms with Gasteiger partial charge in [-0.3, -0.25) is 4.90 Å². The molecule has 4 rings (SSSR count). The van der Waals surface area contributed by atoms with Gasteiger partial charge in [-0.15, -0.1) is 0 Å². The zero-order chi connectivity index (χ0) is 19.0. The number of piperidine rings is 1. The molecule has 7 heteroatoms. The second kappa shape index (κ2) is 7.11. The van der Waals surface area contributed by atoms with Gasteiger partial charge in [0.25, 0.3) is 0 Å². The van der Waals surface area contributed by atoms with E-state index in [4.69, 9.17) is 9.97 Å². The highest BCUT2D eigenvalue weighted by molar-refractivity contribution is 5.43. The van der Waals surface area contributed by atoms with Gasteiger partial charge in [-0.05, 0) is 24.8 Å². The summed E-state index contributed by atoms with van der Waals surface area (Å²) in [6.07, 6.45) is 6.93. The van der Waals surface area contributed by atoms with Gasteiger partial charge < -0.3 is 14.8 Å². The first-order chi connectivity index (χ1) is 13.0. The van der Waals surface area contributed by atoms with Gasteiger partial charge >= 0.3 is 0 Å². The molecule has 4 heterocycles. The maximum absolute atomic E-state index is 4.77. The number of H-pyrrole nitrogens is 1. The lowest BCUT2D eigenvalue weighted by atomic mass is 9.78. The van der Waals surface area contributed by atoms with Crippen molar-refractivity contribution in [3.63, 3.8) is 0 Å². The van der Waals surface area contributed by atoms with Gasteiger partial charge in [0, 0.05) is 58.6 Å². The van der Waals surface area contributed by atoms with E-state index >= 15 is 0 Å². The van der Waals surface area contributed by atoms with E-state index in [2.05, 4.69) is 33.6 Å². The number of anilines is 2. The third kappa shape index (κ3) is 3.29. The van der Waals surface area contributed by atoms with Crippen LogP contribution in [0.1, 0.15) is 38.1 Å². The molecule has 0 bridgehead atoms. The van der Waals surface area contributed by atoms with Gasteiger partial charge in [0.1, 0.15) is 5.82 Å². The van der Waals surface area contributed by atoms with Crippen LogP contribution in [0.15, 0.2) is 18.6 Å². The number of nitrogens with zero attached hydrogens (tertiary/aromatic N) is 6. The van der Waals surface area contributed by atoms with Crippen molar-refractivity contribution in [1.29, 1.82) is 0 Å². The molecule has 2 aromatic heterocycles. The van der Waals surface area contributed by atoms with E-state index in [-0.39, 0.29) is 5.54 Å². The minimum absolute atomic E-state index is 0.0491. The molecule has 0 unspecified atom stereocenters. The lowest BCUT2D eigenvalue weighted by Crippen LogP contribution is -2.57. The summed E-state index contributed by atoms with van der Waals surface area (Å²) in [5, 5.41) is 0. The third-order valence-corrected chi connectivity index (χ3v) is 5.94. The molecule has 1 N–H and O–H groups in total. The molecule has 2 aromatic rings. The maximum Gasteiger partial charge on any atom is 0.227 e. The predicted octanol–water partition coefficient (Wildman–Crippen LogP) is 2.28. The molecule has 146 valence electrons. The van der Waals surface area contributed by atoms with Gasteiger partial charge in [-0.2, -0.15) is 4.98 Å². The van der Waals surface area contributed by atoms with Crippen molar-refractivity contribution < 1.29 is 0 Å². The van der Waals surface area contributed by atoms with Crippen LogP contribution in [0.3, 0.4) is 0 Å². The zero-order valence-corrected chi connectivity index (χ0v) is 16.9. The summed E-state index contributed by atoms with van der Waals surface area (Å²) >= 11 is 0. The minimum atomic E-state index is 0.0491. The first-order valence-corrected chi connectivity index (χ1v) is 10.0. The van der Waals surface area contributed by atoms with E-state index in [9.17, 15) is 0 Å². The molecule has 1 saturated heterocycles. The number of imidazole rings is 1. The fourth-order valence-corrected chi connectivity index (χ4v) is 4.60. The maximum atomic E-state index is 4.77. The highest BCUT2D eigenvalue weighted by Crippen LogP contribution is 2.43. The fourth-order valence-electron chi connectivity index (χ4n) is 4.60. The second-order valence-corrected chi connectivity index (χ2v) is 8.45. The number of nitrogens with one attached hydrogen (secondary N) is 1. The first-order valence-electron chi connectivity index (χ1n) is 10.0. The Morgan fingerprint density at radius 2 is 1.96 bits per heavy atom. The third-order valence-electron chi connectivity index (χ3n) is 5.94. The Hall–Kier alpha value is -2.15. The Labute approximate surface area is 161 Å². The average Bonchev–Trinajstić information content (AvgIpc) is 3.14. The highest BCUT2D eigenvalue weighted by atomic mass is 15.3. The van der Waals surface area contributed by atoms with Crippen molar-refractivity contribution in [2.45, 2.75) is 38.6 Å². The normalized spacial score (nSPS) is 19.5. The van der Waals surface area contributed by atoms with Crippen LogP contribution < -0.4 is 9.80 Å². The van der Waals surface area contributed by atoms with Crippen LogP contribution in [-0.2, 0) is 12.0 Å². The molecule has 0 aromatic carbocycles. The van der Waals surface area contributed by atoms with E-state index in [0.717, 1.165) is 57.2 Å². The number of aromatic amines is 1. The summed E-state index contributed by atoms with van der Waals surface area (Å²) < 4.78 is 0. The van der Waals surface area contributed by atoms with Crippen LogP contribution in [0, 0.1) is 5.92 Å². The van der Waals surface area contributed by atoms with Crippen LogP contribution in [0.2, 0.25) is 0 Å². The largest absolute Gasteiger partial charge is 0.363 e. The Balaban J connectivity index is 1.58. The molecule has 7 nitrogen and oxygen atoms in total. The molecule has 1 fully saturated rings. The van der Waals surface area contributed by atoms with Crippen LogP contribution in [-0.4, -0.2) is 65.1 Å². The SMILES string of the molecule is CC(C)CN1CCc2[nH]cnc2C12CCN(c1nccc(N(C)C)n1)CC2. The van der Waals surface area contributed by atoms with Crippen LogP contribution in [0.4, 0.5) is 11.8 Å². The van der Waals surface area contributed by atoms with E-state index in [0.29, 0.717) is 5.92 Å². The van der Waals surface area contributed by atoms with Gasteiger partial charge in [-0.25, -0.2) is 9.97 Å². The fraction of sp³-hybridized carbons (Fsp3) is 0.650. The van der Waals surface area contributed by atoms with Gasteiger partial charge in [0.2, 0.25) is 5.95 Å². The van der Waals surface area contributed by atoms with Crippen molar-refractivity contribution in [3.8, 4) is 0 Å². The van der Waals surface area contributed by atoms with Crippen molar-refractivity contribution in [2.75, 3.05) is 50.1 Å². The molecule has 1 spiro atoms. The van der Waals surface area contributed by atoms with Crippen molar-refractivity contribution in [1.82, 2.24) is 24.8 Å². The summed E-state index contributed by atoms with van der Waals surface area (Å²) in [5.74, 6) is 2.44. The molecule has 0 atom stereocenters. The Morgan fingerprint density at radius 1 is 1.19 bits per heavy atom. The van der Waals surface area contributed by atoms with Crippen molar-refractivity contribution in [2.24, 2.45) is 5.92 Å². The van der Waals surface area contributed by atoms with E-state index in [1.54, 1.807) is 0 Å². The molecule has 27 heavy (non-hydrogen) atoms. The lowest BCUT2D eigenvalue weighted by Gasteiger charge is -2.51. The number of hydrogen-bond donors (Lipinski definition) is 1. The van der Waals surface area contributed by atoms with Crippen LogP contribution in [0.25, 0.3) is 0 Å². The minimum Gasteiger partial charge on any atom is -0.363 e. The molecule has 0 amide bonds. The summed E-state index contributed by atoms with van der Waals surface area (Å²) in [4.78, 5) is 24.5. The number of fused-ring (bicyclic) bond motifs is 2. The quantitative estimate of drug-likeness (QED) is 0.892. The van der Waals surface area contributed by atoms with Crippen LogP contribution in [0.5, 0.6) is 0 Å². The van der Waals surface area contributed by atoms with E-state index in [1.807, 2.05) is 37.6 Å². The van der Waals surface area contributed by atoms with Gasteiger partial charge in [0.05, 0.1) is 17.6 Å². The summed E-state index contributed by atoms with van der Waals surface area (Å²) in [6, 6.07) is 1.95. The topological polar surface area (TPSA) is 64.2 Å². The molecular formula is C20H31N7. The van der Waals surface area contributed by atoms with Crippen LogP contribution >= 0.6 is 0 Å². The van der Waals surface area contributed by atoms with Gasteiger partial charge in [-0.1, -0.05) is 13.8 Å². The first kappa shape index (κ1) is 18.2. The Bertz CT molecular complexity index is 774. The number of rotatable bonds is 4. The molecule has 0 radical (unpaired) electrons. The number of hydrogen-bond acceptors (Lipinski definition) is 6. The smallest absolute Gasteiger partial charge is 0.227 e. The molecule has 0 saturated carbocycles. The summed E-state index contributed by atoms with van der Waals surface area (Å²) in [6.45, 7) is 8.77. The summed E-state index contributed by atoms with van der Waals surface area (Å²) in [5.41, 5.74) is 2.65. The highest BCUT2D eigenvalue weighted by Gasteiger charge is 2.46. The molecule has 2 aliphatic rings. The molecular weight excluding hydrogens is 338 g/mol. The average molecular weight is 370 g/mol. The Morgan fingerprint density at radius 3 is 2.67 bits per heavy atom. The monoisotopic (exact) mass is 369 g/mol. The second-order valence-electron chi connectivity index (χ2n) is 8.45. The zero-order valence-electron chi connectivity index (χ0n) is 16.9. The Kier molecular flexibility index (Phi) is 4.80. The summed E-state index contributed by atoms with van der Waals surface area (Å²) in [7, 11) is 4.03.